The second-order valence-corrected chi connectivity index (χ2v) is 18.4. The molecule has 0 spiro atoms. The SMILES string of the molecule is Cc1ccc(S(=O)(=O)O)cc1.Cc1ccc(S(=O)(=O)O)cc1.O=C1c2ccc3c4c(ccc(c24)C(=O)N1CCNCc1ccccc1Cl)C(=O)N(CCNCc1ccccc1Cl)C3=O. The number of benzene rings is 6. The van der Waals surface area contributed by atoms with E-state index in [1.807, 2.05) is 50.2 Å². The number of imide groups is 2. The molecule has 0 aliphatic carbocycles. The average molecular weight is 946 g/mol. The van der Waals surface area contributed by atoms with Gasteiger partial charge in [-0.15, -0.1) is 0 Å². The Bertz CT molecular complexity index is 2710. The van der Waals surface area contributed by atoms with Crippen LogP contribution in [0.25, 0.3) is 10.8 Å². The Morgan fingerprint density at radius 1 is 0.469 bits per heavy atom. The number of halogens is 2. The zero-order valence-corrected chi connectivity index (χ0v) is 37.6. The van der Waals surface area contributed by atoms with Crippen molar-refractivity contribution in [1.29, 1.82) is 0 Å². The molecule has 0 bridgehead atoms. The number of carbonyl (C=O) groups excluding carboxylic acids is 4. The lowest BCUT2D eigenvalue weighted by Crippen LogP contribution is -2.46. The number of hydrogen-bond acceptors (Lipinski definition) is 10. The van der Waals surface area contributed by atoms with Crippen molar-refractivity contribution < 1.29 is 45.1 Å². The molecule has 2 aliphatic rings. The van der Waals surface area contributed by atoms with Crippen LogP contribution in [-0.2, 0) is 33.3 Å². The Labute approximate surface area is 380 Å². The molecule has 4 N–H and O–H groups in total. The molecule has 0 radical (unpaired) electrons. The van der Waals surface area contributed by atoms with Crippen LogP contribution in [0.5, 0.6) is 0 Å². The predicted molar refractivity (Wildman–Crippen MR) is 243 cm³/mol. The van der Waals surface area contributed by atoms with Gasteiger partial charge in [0.15, 0.2) is 0 Å². The Morgan fingerprint density at radius 2 is 0.766 bits per heavy atom. The number of rotatable bonds is 12. The van der Waals surface area contributed by atoms with E-state index in [0.717, 1.165) is 22.3 Å². The van der Waals surface area contributed by atoms with E-state index in [-0.39, 0.29) is 22.9 Å². The molecule has 0 fully saturated rings. The minimum absolute atomic E-state index is 0.0666. The fourth-order valence-corrected chi connectivity index (χ4v) is 8.28. The third-order valence-corrected chi connectivity index (χ3v) is 12.7. The number of nitrogens with zero attached hydrogens (tertiary/aromatic N) is 2. The fraction of sp³-hybridized carbons (Fsp3) is 0.174. The van der Waals surface area contributed by atoms with Gasteiger partial charge in [-0.2, -0.15) is 16.8 Å². The summed E-state index contributed by atoms with van der Waals surface area (Å²) in [6, 6.07) is 33.2. The number of carbonyl (C=O) groups is 4. The van der Waals surface area contributed by atoms with Crippen molar-refractivity contribution in [2.24, 2.45) is 0 Å². The monoisotopic (exact) mass is 944 g/mol. The maximum absolute atomic E-state index is 13.5. The topological polar surface area (TPSA) is 208 Å². The van der Waals surface area contributed by atoms with Gasteiger partial charge in [0, 0.05) is 82.3 Å². The van der Waals surface area contributed by atoms with Gasteiger partial charge in [-0.3, -0.25) is 38.1 Å². The summed E-state index contributed by atoms with van der Waals surface area (Å²) in [4.78, 5) is 56.1. The van der Waals surface area contributed by atoms with E-state index in [2.05, 4.69) is 10.6 Å². The molecule has 4 amide bonds. The van der Waals surface area contributed by atoms with Crippen LogP contribution in [0.1, 0.15) is 63.7 Å². The quantitative estimate of drug-likeness (QED) is 0.0538. The highest BCUT2D eigenvalue weighted by Gasteiger charge is 2.39. The number of nitrogens with one attached hydrogen (secondary N) is 2. The summed E-state index contributed by atoms with van der Waals surface area (Å²) in [6.45, 7) is 5.71. The van der Waals surface area contributed by atoms with Crippen molar-refractivity contribution in [2.45, 2.75) is 36.7 Å². The van der Waals surface area contributed by atoms with Gasteiger partial charge < -0.3 is 10.6 Å². The zero-order valence-electron chi connectivity index (χ0n) is 34.4. The molecule has 6 aromatic rings. The molecule has 0 unspecified atom stereocenters. The first-order valence-corrected chi connectivity index (χ1v) is 23.3. The Kier molecular flexibility index (Phi) is 15.2. The molecular weight excluding hydrogens is 904 g/mol. The standard InChI is InChI=1S/C32H26Cl2N4O4.2C7H8O3S/c33-25-7-3-1-5-19(25)17-35-13-15-37-29(39)21-9-11-23-28-24(12-10-22(27(21)28)30(37)40)32(42)38(31(23)41)16-14-36-18-20-6-2-4-8-26(20)34;2*1-6-2-4-7(5-3-6)11(8,9)10/h1-12,35-36H,13-18H2;2*2-5H,1H3,(H,8,9,10). The van der Waals surface area contributed by atoms with Crippen LogP contribution in [-0.4, -0.2) is 85.5 Å². The predicted octanol–water partition coefficient (Wildman–Crippen LogP) is 7.40. The molecule has 8 rings (SSSR count). The van der Waals surface area contributed by atoms with Gasteiger partial charge in [-0.25, -0.2) is 0 Å². The van der Waals surface area contributed by atoms with E-state index in [1.54, 1.807) is 60.7 Å². The van der Waals surface area contributed by atoms with E-state index in [1.165, 1.54) is 34.1 Å². The van der Waals surface area contributed by atoms with Crippen LogP contribution in [0.15, 0.2) is 131 Å². The Morgan fingerprint density at radius 3 is 1.05 bits per heavy atom. The normalized spacial score (nSPS) is 13.3. The first-order valence-electron chi connectivity index (χ1n) is 19.7. The molecule has 2 heterocycles. The number of hydrogen-bond donors (Lipinski definition) is 4. The van der Waals surface area contributed by atoms with Gasteiger partial charge in [-0.05, 0) is 85.6 Å². The molecule has 0 atom stereocenters. The largest absolute Gasteiger partial charge is 0.311 e. The average Bonchev–Trinajstić information content (AvgIpc) is 3.25. The lowest BCUT2D eigenvalue weighted by molar-refractivity contribution is 0.0590. The highest BCUT2D eigenvalue weighted by atomic mass is 35.5. The Hall–Kier alpha value is -5.82. The van der Waals surface area contributed by atoms with Crippen LogP contribution in [0.4, 0.5) is 0 Å². The summed E-state index contributed by atoms with van der Waals surface area (Å²) < 4.78 is 59.1. The summed E-state index contributed by atoms with van der Waals surface area (Å²) in [5.74, 6) is -1.83. The van der Waals surface area contributed by atoms with Gasteiger partial charge in [0.25, 0.3) is 43.9 Å². The van der Waals surface area contributed by atoms with E-state index >= 15 is 0 Å². The Balaban J connectivity index is 0.000000252. The smallest absolute Gasteiger partial charge is 0.294 e. The van der Waals surface area contributed by atoms with Crippen molar-refractivity contribution in [1.82, 2.24) is 20.4 Å². The second-order valence-electron chi connectivity index (χ2n) is 14.7. The molecule has 0 aromatic heterocycles. The van der Waals surface area contributed by atoms with Crippen molar-refractivity contribution >= 4 is 77.8 Å². The third-order valence-electron chi connectivity index (χ3n) is 10.3. The van der Waals surface area contributed by atoms with Gasteiger partial charge in [-0.1, -0.05) is 95.0 Å². The summed E-state index contributed by atoms with van der Waals surface area (Å²) in [5, 5.41) is 8.45. The molecule has 332 valence electrons. The minimum Gasteiger partial charge on any atom is -0.311 e. The molecule has 2 aliphatic heterocycles. The zero-order chi connectivity index (χ0) is 46.3. The molecule has 0 saturated heterocycles. The fourth-order valence-electron chi connectivity index (χ4n) is 6.91. The minimum atomic E-state index is -4.02. The highest BCUT2D eigenvalue weighted by molar-refractivity contribution is 7.86. The lowest BCUT2D eigenvalue weighted by Gasteiger charge is -2.32. The van der Waals surface area contributed by atoms with Crippen LogP contribution < -0.4 is 10.6 Å². The maximum atomic E-state index is 13.5. The third kappa shape index (κ3) is 11.1. The highest BCUT2D eigenvalue weighted by Crippen LogP contribution is 2.37. The maximum Gasteiger partial charge on any atom is 0.294 e. The molecule has 6 aromatic carbocycles. The van der Waals surface area contributed by atoms with Gasteiger partial charge in [0.05, 0.1) is 9.79 Å². The van der Waals surface area contributed by atoms with Crippen molar-refractivity contribution in [3.63, 3.8) is 0 Å². The van der Waals surface area contributed by atoms with E-state index in [4.69, 9.17) is 32.3 Å². The van der Waals surface area contributed by atoms with E-state index in [9.17, 15) is 36.0 Å². The lowest BCUT2D eigenvalue weighted by atomic mass is 9.86. The van der Waals surface area contributed by atoms with Gasteiger partial charge in [0.1, 0.15) is 0 Å². The van der Waals surface area contributed by atoms with Crippen LogP contribution in [0.2, 0.25) is 10.0 Å². The first-order chi connectivity index (χ1) is 30.4. The van der Waals surface area contributed by atoms with E-state index < -0.39 is 43.9 Å². The molecule has 18 heteroatoms. The van der Waals surface area contributed by atoms with Gasteiger partial charge in [0.2, 0.25) is 0 Å². The van der Waals surface area contributed by atoms with Crippen molar-refractivity contribution in [3.8, 4) is 0 Å². The van der Waals surface area contributed by atoms with Gasteiger partial charge >= 0.3 is 0 Å². The number of aryl methyl sites for hydroxylation is 2. The van der Waals surface area contributed by atoms with Crippen molar-refractivity contribution in [2.75, 3.05) is 26.2 Å². The summed E-state index contributed by atoms with van der Waals surface area (Å²) in [6.07, 6.45) is 0. The first kappa shape index (κ1) is 47.7. The van der Waals surface area contributed by atoms with Crippen molar-refractivity contribution in [3.05, 3.63) is 176 Å². The summed E-state index contributed by atoms with van der Waals surface area (Å²) in [5.41, 5.74) is 4.94. The van der Waals surface area contributed by atoms with Crippen LogP contribution in [0, 0.1) is 13.8 Å². The molecular formula is C46H42Cl2N4O10S2. The molecule has 14 nitrogen and oxygen atoms in total. The summed E-state index contributed by atoms with van der Waals surface area (Å²) in [7, 11) is -8.04. The second kappa shape index (κ2) is 20.3. The van der Waals surface area contributed by atoms with E-state index in [0.29, 0.717) is 69.3 Å². The molecule has 0 saturated carbocycles. The molecule has 64 heavy (non-hydrogen) atoms. The van der Waals surface area contributed by atoms with Crippen LogP contribution in [0.3, 0.4) is 0 Å². The summed E-state index contributed by atoms with van der Waals surface area (Å²) >= 11 is 12.4. The van der Waals surface area contributed by atoms with Crippen LogP contribution >= 0.6 is 23.2 Å². The number of amides is 4.